The first kappa shape index (κ1) is 20.8. The Labute approximate surface area is 155 Å². The second kappa shape index (κ2) is 9.87. The van der Waals surface area contributed by atoms with Gasteiger partial charge in [-0.3, -0.25) is 0 Å². The molecule has 0 aromatic heterocycles. The first-order chi connectivity index (χ1) is 11.3. The Morgan fingerprint density at radius 3 is 2.46 bits per heavy atom. The number of halogens is 1. The van der Waals surface area contributed by atoms with E-state index < -0.39 is 5.60 Å². The number of unbranched alkanes of at least 4 members (excludes halogenated alkanes) is 1. The minimum absolute atomic E-state index is 0.00231. The maximum Gasteiger partial charge on any atom is 0.410 e. The number of nitrogens with zero attached hydrogens (tertiary/aromatic N) is 1. The van der Waals surface area contributed by atoms with Gasteiger partial charge in [0, 0.05) is 11.0 Å². The van der Waals surface area contributed by atoms with Gasteiger partial charge in [-0.1, -0.05) is 47.5 Å². The van der Waals surface area contributed by atoms with Crippen molar-refractivity contribution in [2.75, 3.05) is 6.54 Å². The molecule has 4 heteroatoms. The monoisotopic (exact) mass is 395 g/mol. The molecule has 0 aliphatic rings. The van der Waals surface area contributed by atoms with Crippen LogP contribution in [0.3, 0.4) is 0 Å². The van der Waals surface area contributed by atoms with Gasteiger partial charge in [-0.15, -0.1) is 6.58 Å². The highest BCUT2D eigenvalue weighted by Crippen LogP contribution is 2.29. The number of ether oxygens (including phenoxy) is 1. The Bertz CT molecular complexity index is 519. The summed E-state index contributed by atoms with van der Waals surface area (Å²) in [4.78, 5) is 14.7. The number of carbonyl (C=O) groups is 1. The normalized spacial score (nSPS) is 12.5. The predicted octanol–water partition coefficient (Wildman–Crippen LogP) is 6.49. The lowest BCUT2D eigenvalue weighted by atomic mass is 10.00. The van der Waals surface area contributed by atoms with E-state index in [1.165, 1.54) is 0 Å². The fourth-order valence-corrected chi connectivity index (χ4v) is 2.75. The molecule has 0 radical (unpaired) electrons. The average Bonchev–Trinajstić information content (AvgIpc) is 2.50. The molecule has 0 saturated carbocycles. The first-order valence-electron chi connectivity index (χ1n) is 8.64. The Morgan fingerprint density at radius 2 is 1.96 bits per heavy atom. The van der Waals surface area contributed by atoms with Crippen LogP contribution in [0.2, 0.25) is 0 Å². The molecule has 1 amide bonds. The van der Waals surface area contributed by atoms with Gasteiger partial charge < -0.3 is 9.64 Å². The van der Waals surface area contributed by atoms with Crippen molar-refractivity contribution in [3.8, 4) is 0 Å². The first-order valence-corrected chi connectivity index (χ1v) is 9.43. The summed E-state index contributed by atoms with van der Waals surface area (Å²) < 4.78 is 6.69. The summed E-state index contributed by atoms with van der Waals surface area (Å²) in [5.41, 5.74) is 0.631. The zero-order valence-electron chi connectivity index (χ0n) is 15.3. The number of carbonyl (C=O) groups excluding carboxylic acids is 1. The molecule has 1 rings (SSSR count). The molecule has 134 valence electrons. The van der Waals surface area contributed by atoms with Crippen LogP contribution in [0, 0.1) is 0 Å². The summed E-state index contributed by atoms with van der Waals surface area (Å²) in [7, 11) is 0. The molecule has 24 heavy (non-hydrogen) atoms. The van der Waals surface area contributed by atoms with E-state index in [9.17, 15) is 4.79 Å². The van der Waals surface area contributed by atoms with Crippen LogP contribution in [0.15, 0.2) is 41.4 Å². The Hall–Kier alpha value is -1.29. The van der Waals surface area contributed by atoms with Crippen LogP contribution in [-0.4, -0.2) is 23.1 Å². The van der Waals surface area contributed by atoms with Crippen LogP contribution in [0.1, 0.15) is 65.0 Å². The smallest absolute Gasteiger partial charge is 0.410 e. The van der Waals surface area contributed by atoms with Crippen molar-refractivity contribution in [2.45, 2.75) is 65.0 Å². The van der Waals surface area contributed by atoms with E-state index in [2.05, 4.69) is 41.6 Å². The molecule has 0 aliphatic heterocycles. The standard InChI is InChI=1S/C20H30BrNO2/c1-6-8-10-18(16-11-13-17(21)14-12-16)22(15-9-7-2)19(23)24-20(3,4)5/h6,11-14,18H,1,7-10,15H2,2-5H3/t18-/m0/s1. The average molecular weight is 396 g/mol. The highest BCUT2D eigenvalue weighted by Gasteiger charge is 2.28. The van der Waals surface area contributed by atoms with E-state index >= 15 is 0 Å². The lowest BCUT2D eigenvalue weighted by Gasteiger charge is -2.34. The molecule has 1 aromatic rings. The molecule has 0 N–H and O–H groups in total. The summed E-state index contributed by atoms with van der Waals surface area (Å²) >= 11 is 3.47. The van der Waals surface area contributed by atoms with Gasteiger partial charge >= 0.3 is 6.09 Å². The number of amides is 1. The van der Waals surface area contributed by atoms with E-state index in [0.717, 1.165) is 35.7 Å². The second-order valence-electron chi connectivity index (χ2n) is 6.96. The van der Waals surface area contributed by atoms with Gasteiger partial charge in [0.25, 0.3) is 0 Å². The molecule has 1 aromatic carbocycles. The van der Waals surface area contributed by atoms with E-state index in [1.807, 2.05) is 43.9 Å². The quantitative estimate of drug-likeness (QED) is 0.470. The minimum atomic E-state index is -0.496. The zero-order valence-corrected chi connectivity index (χ0v) is 16.9. The van der Waals surface area contributed by atoms with E-state index in [4.69, 9.17) is 4.74 Å². The number of hydrogen-bond donors (Lipinski definition) is 0. The third-order valence-corrected chi connectivity index (χ3v) is 4.18. The SMILES string of the molecule is C=CCC[C@@H](c1ccc(Br)cc1)N(CCCC)C(=O)OC(C)(C)C. The largest absolute Gasteiger partial charge is 0.444 e. The van der Waals surface area contributed by atoms with E-state index in [-0.39, 0.29) is 12.1 Å². The van der Waals surface area contributed by atoms with Crippen molar-refractivity contribution >= 4 is 22.0 Å². The lowest BCUT2D eigenvalue weighted by Crippen LogP contribution is -2.40. The Morgan fingerprint density at radius 1 is 1.33 bits per heavy atom. The highest BCUT2D eigenvalue weighted by atomic mass is 79.9. The van der Waals surface area contributed by atoms with Gasteiger partial charge in [0.15, 0.2) is 0 Å². The zero-order chi connectivity index (χ0) is 18.2. The van der Waals surface area contributed by atoms with E-state index in [0.29, 0.717) is 6.54 Å². The van der Waals surface area contributed by atoms with Crippen LogP contribution < -0.4 is 0 Å². The second-order valence-corrected chi connectivity index (χ2v) is 7.88. The van der Waals surface area contributed by atoms with Crippen molar-refractivity contribution in [1.82, 2.24) is 4.90 Å². The number of allylic oxidation sites excluding steroid dienone is 1. The predicted molar refractivity (Wildman–Crippen MR) is 104 cm³/mol. The van der Waals surface area contributed by atoms with Crippen molar-refractivity contribution in [3.05, 3.63) is 47.0 Å². The number of benzene rings is 1. The van der Waals surface area contributed by atoms with Crippen LogP contribution in [0.25, 0.3) is 0 Å². The summed E-state index contributed by atoms with van der Waals surface area (Å²) in [5, 5.41) is 0. The summed E-state index contributed by atoms with van der Waals surface area (Å²) in [5.74, 6) is 0. The number of hydrogen-bond acceptors (Lipinski definition) is 2. The third-order valence-electron chi connectivity index (χ3n) is 3.66. The Kier molecular flexibility index (Phi) is 8.54. The molecule has 0 fully saturated rings. The van der Waals surface area contributed by atoms with E-state index in [1.54, 1.807) is 0 Å². The van der Waals surface area contributed by atoms with Gasteiger partial charge in [-0.2, -0.15) is 0 Å². The van der Waals surface area contributed by atoms with Crippen molar-refractivity contribution in [1.29, 1.82) is 0 Å². The van der Waals surface area contributed by atoms with Crippen LogP contribution in [-0.2, 0) is 4.74 Å². The van der Waals surface area contributed by atoms with Gasteiger partial charge in [-0.25, -0.2) is 4.79 Å². The van der Waals surface area contributed by atoms with Crippen LogP contribution in [0.4, 0.5) is 4.79 Å². The lowest BCUT2D eigenvalue weighted by molar-refractivity contribution is 0.0145. The molecular formula is C20H30BrNO2. The minimum Gasteiger partial charge on any atom is -0.444 e. The molecule has 0 heterocycles. The maximum absolute atomic E-state index is 12.8. The topological polar surface area (TPSA) is 29.5 Å². The fourth-order valence-electron chi connectivity index (χ4n) is 2.49. The van der Waals surface area contributed by atoms with Gasteiger partial charge in [0.2, 0.25) is 0 Å². The van der Waals surface area contributed by atoms with Gasteiger partial charge in [0.1, 0.15) is 5.60 Å². The van der Waals surface area contributed by atoms with Crippen LogP contribution in [0.5, 0.6) is 0 Å². The number of rotatable bonds is 8. The summed E-state index contributed by atoms with van der Waals surface area (Å²) in [6, 6.07) is 8.17. The van der Waals surface area contributed by atoms with Crippen LogP contribution >= 0.6 is 15.9 Å². The molecule has 3 nitrogen and oxygen atoms in total. The van der Waals surface area contributed by atoms with Crippen molar-refractivity contribution in [2.24, 2.45) is 0 Å². The fraction of sp³-hybridized carbons (Fsp3) is 0.550. The summed E-state index contributed by atoms with van der Waals surface area (Å²) in [6.07, 6.45) is 5.35. The molecular weight excluding hydrogens is 366 g/mol. The summed E-state index contributed by atoms with van der Waals surface area (Å²) in [6.45, 7) is 12.4. The molecule has 0 unspecified atom stereocenters. The van der Waals surface area contributed by atoms with Gasteiger partial charge in [-0.05, 0) is 57.7 Å². The molecule has 0 spiro atoms. The highest BCUT2D eigenvalue weighted by molar-refractivity contribution is 9.10. The molecule has 0 saturated heterocycles. The maximum atomic E-state index is 12.8. The Balaban J connectivity index is 3.10. The molecule has 1 atom stereocenters. The van der Waals surface area contributed by atoms with Gasteiger partial charge in [0.05, 0.1) is 6.04 Å². The molecule has 0 bridgehead atoms. The van der Waals surface area contributed by atoms with Crippen molar-refractivity contribution < 1.29 is 9.53 Å². The van der Waals surface area contributed by atoms with Crippen molar-refractivity contribution in [3.63, 3.8) is 0 Å². The third kappa shape index (κ3) is 7.08. The molecule has 0 aliphatic carbocycles.